The lowest BCUT2D eigenvalue weighted by Crippen LogP contribution is -2.46. The van der Waals surface area contributed by atoms with Crippen molar-refractivity contribution in [1.29, 1.82) is 0 Å². The molecule has 2 fully saturated rings. The van der Waals surface area contributed by atoms with E-state index in [0.717, 1.165) is 25.0 Å². The second kappa shape index (κ2) is 6.72. The molecule has 2 N–H and O–H groups in total. The van der Waals surface area contributed by atoms with Crippen molar-refractivity contribution in [3.05, 3.63) is 0 Å². The van der Waals surface area contributed by atoms with Crippen molar-refractivity contribution in [3.8, 4) is 0 Å². The molecule has 0 aromatic carbocycles. The van der Waals surface area contributed by atoms with Crippen LogP contribution in [-0.2, 0) is 0 Å². The average molecular weight is 240 g/mol. The first-order chi connectivity index (χ1) is 8.35. The molecule has 0 aromatic heterocycles. The topological polar surface area (TPSA) is 35.5 Å². The minimum atomic E-state index is 0.266. The van der Waals surface area contributed by atoms with Crippen LogP contribution in [0.4, 0.5) is 0 Å². The van der Waals surface area contributed by atoms with Crippen molar-refractivity contribution >= 4 is 0 Å². The van der Waals surface area contributed by atoms with Gasteiger partial charge in [-0.05, 0) is 44.7 Å². The first-order valence-electron chi connectivity index (χ1n) is 7.43. The molecule has 2 atom stereocenters. The van der Waals surface area contributed by atoms with Crippen LogP contribution >= 0.6 is 0 Å². The SMILES string of the molecule is CCNC(CO)CN1CCCC1C1CCCC1. The summed E-state index contributed by atoms with van der Waals surface area (Å²) in [6.07, 6.45) is 8.48. The molecule has 1 saturated heterocycles. The van der Waals surface area contributed by atoms with Crippen molar-refractivity contribution in [2.24, 2.45) is 5.92 Å². The van der Waals surface area contributed by atoms with Crippen molar-refractivity contribution < 1.29 is 5.11 Å². The van der Waals surface area contributed by atoms with Crippen LogP contribution in [0.5, 0.6) is 0 Å². The van der Waals surface area contributed by atoms with Gasteiger partial charge in [0.05, 0.1) is 6.61 Å². The van der Waals surface area contributed by atoms with E-state index >= 15 is 0 Å². The Kier molecular flexibility index (Phi) is 5.26. The van der Waals surface area contributed by atoms with Gasteiger partial charge in [-0.1, -0.05) is 19.8 Å². The van der Waals surface area contributed by atoms with Crippen molar-refractivity contribution in [1.82, 2.24) is 10.2 Å². The lowest BCUT2D eigenvalue weighted by Gasteiger charge is -2.32. The summed E-state index contributed by atoms with van der Waals surface area (Å²) in [4.78, 5) is 2.64. The summed E-state index contributed by atoms with van der Waals surface area (Å²) in [5, 5.41) is 12.8. The highest BCUT2D eigenvalue weighted by molar-refractivity contribution is 4.89. The Morgan fingerprint density at radius 3 is 2.65 bits per heavy atom. The highest BCUT2D eigenvalue weighted by atomic mass is 16.3. The molecule has 1 saturated carbocycles. The van der Waals surface area contributed by atoms with Crippen LogP contribution in [0.1, 0.15) is 45.4 Å². The Morgan fingerprint density at radius 1 is 1.24 bits per heavy atom. The zero-order chi connectivity index (χ0) is 12.1. The zero-order valence-corrected chi connectivity index (χ0v) is 11.2. The number of likely N-dealkylation sites (N-methyl/N-ethyl adjacent to an activating group) is 1. The monoisotopic (exact) mass is 240 g/mol. The molecule has 0 aromatic rings. The van der Waals surface area contributed by atoms with Crippen molar-refractivity contribution in [2.45, 2.75) is 57.5 Å². The first kappa shape index (κ1) is 13.3. The quantitative estimate of drug-likeness (QED) is 0.740. The maximum atomic E-state index is 9.38. The molecule has 3 nitrogen and oxygen atoms in total. The van der Waals surface area contributed by atoms with Crippen LogP contribution < -0.4 is 5.32 Å². The Hall–Kier alpha value is -0.120. The molecular weight excluding hydrogens is 212 g/mol. The van der Waals surface area contributed by atoms with Gasteiger partial charge in [-0.2, -0.15) is 0 Å². The van der Waals surface area contributed by atoms with Gasteiger partial charge in [-0.3, -0.25) is 4.90 Å². The lowest BCUT2D eigenvalue weighted by molar-refractivity contribution is 0.145. The molecule has 100 valence electrons. The van der Waals surface area contributed by atoms with Crippen LogP contribution in [0.2, 0.25) is 0 Å². The largest absolute Gasteiger partial charge is 0.395 e. The zero-order valence-electron chi connectivity index (χ0n) is 11.2. The lowest BCUT2D eigenvalue weighted by atomic mass is 9.96. The highest BCUT2D eigenvalue weighted by Crippen LogP contribution is 2.35. The van der Waals surface area contributed by atoms with Crippen LogP contribution in [0.25, 0.3) is 0 Å². The summed E-state index contributed by atoms with van der Waals surface area (Å²) in [6.45, 7) is 5.60. The minimum Gasteiger partial charge on any atom is -0.395 e. The van der Waals surface area contributed by atoms with Crippen LogP contribution in [0.3, 0.4) is 0 Å². The van der Waals surface area contributed by atoms with E-state index < -0.39 is 0 Å². The number of nitrogens with one attached hydrogen (secondary N) is 1. The molecule has 0 radical (unpaired) electrons. The number of aliphatic hydroxyl groups is 1. The van der Waals surface area contributed by atoms with Crippen molar-refractivity contribution in [2.75, 3.05) is 26.2 Å². The first-order valence-corrected chi connectivity index (χ1v) is 7.43. The van der Waals surface area contributed by atoms with E-state index in [1.165, 1.54) is 45.1 Å². The number of aliphatic hydroxyl groups excluding tert-OH is 1. The number of hydrogen-bond acceptors (Lipinski definition) is 3. The fourth-order valence-electron chi connectivity index (χ4n) is 3.71. The molecule has 1 heterocycles. The van der Waals surface area contributed by atoms with E-state index in [1.54, 1.807) is 0 Å². The fourth-order valence-corrected chi connectivity index (χ4v) is 3.71. The molecule has 0 bridgehead atoms. The predicted molar refractivity (Wildman–Crippen MR) is 71.1 cm³/mol. The Bertz CT molecular complexity index is 216. The Morgan fingerprint density at radius 2 is 2.00 bits per heavy atom. The van der Waals surface area contributed by atoms with Gasteiger partial charge < -0.3 is 10.4 Å². The molecule has 2 rings (SSSR count). The van der Waals surface area contributed by atoms with Gasteiger partial charge in [-0.25, -0.2) is 0 Å². The predicted octanol–water partition coefficient (Wildman–Crippen LogP) is 1.61. The van der Waals surface area contributed by atoms with Gasteiger partial charge in [0.25, 0.3) is 0 Å². The molecule has 17 heavy (non-hydrogen) atoms. The van der Waals surface area contributed by atoms with Crippen LogP contribution in [0, 0.1) is 5.92 Å². The molecule has 1 aliphatic carbocycles. The van der Waals surface area contributed by atoms with E-state index in [-0.39, 0.29) is 12.6 Å². The second-order valence-electron chi connectivity index (χ2n) is 5.69. The van der Waals surface area contributed by atoms with Gasteiger partial charge >= 0.3 is 0 Å². The summed E-state index contributed by atoms with van der Waals surface area (Å²) in [6, 6.07) is 1.08. The van der Waals surface area contributed by atoms with Gasteiger partial charge in [0.2, 0.25) is 0 Å². The summed E-state index contributed by atoms with van der Waals surface area (Å²) >= 11 is 0. The van der Waals surface area contributed by atoms with E-state index in [0.29, 0.717) is 0 Å². The van der Waals surface area contributed by atoms with Crippen molar-refractivity contribution in [3.63, 3.8) is 0 Å². The highest BCUT2D eigenvalue weighted by Gasteiger charge is 2.33. The smallest absolute Gasteiger partial charge is 0.0597 e. The third-order valence-electron chi connectivity index (χ3n) is 4.53. The summed E-state index contributed by atoms with van der Waals surface area (Å²) in [5.41, 5.74) is 0. The third-order valence-corrected chi connectivity index (χ3v) is 4.53. The third kappa shape index (κ3) is 3.43. The van der Waals surface area contributed by atoms with Gasteiger partial charge in [0.15, 0.2) is 0 Å². The molecule has 0 spiro atoms. The number of likely N-dealkylation sites (tertiary alicyclic amines) is 1. The van der Waals surface area contributed by atoms with Crippen LogP contribution in [-0.4, -0.2) is 48.3 Å². The van der Waals surface area contributed by atoms with E-state index in [1.807, 2.05) is 0 Å². The molecule has 2 unspecified atom stereocenters. The summed E-state index contributed by atoms with van der Waals surface area (Å²) in [5.74, 6) is 0.943. The van der Waals surface area contributed by atoms with E-state index in [4.69, 9.17) is 0 Å². The van der Waals surface area contributed by atoms with Crippen LogP contribution in [0.15, 0.2) is 0 Å². The summed E-state index contributed by atoms with van der Waals surface area (Å²) in [7, 11) is 0. The molecular formula is C14H28N2O. The Labute approximate surface area is 106 Å². The van der Waals surface area contributed by atoms with E-state index in [9.17, 15) is 5.11 Å². The molecule has 3 heteroatoms. The summed E-state index contributed by atoms with van der Waals surface area (Å²) < 4.78 is 0. The normalized spacial score (nSPS) is 28.9. The molecule has 1 aliphatic heterocycles. The minimum absolute atomic E-state index is 0.266. The van der Waals surface area contributed by atoms with E-state index in [2.05, 4.69) is 17.1 Å². The standard InChI is InChI=1S/C14H28N2O/c1-2-15-13(11-17)10-16-9-5-8-14(16)12-6-3-4-7-12/h12-15,17H,2-11H2,1H3. The molecule has 0 amide bonds. The Balaban J connectivity index is 1.85. The maximum absolute atomic E-state index is 9.38. The van der Waals surface area contributed by atoms with Gasteiger partial charge in [-0.15, -0.1) is 0 Å². The number of hydrogen-bond donors (Lipinski definition) is 2. The molecule has 2 aliphatic rings. The number of rotatable bonds is 6. The van der Waals surface area contributed by atoms with Gasteiger partial charge in [0.1, 0.15) is 0 Å². The fraction of sp³-hybridized carbons (Fsp3) is 1.00. The second-order valence-corrected chi connectivity index (χ2v) is 5.69. The van der Waals surface area contributed by atoms with Gasteiger partial charge in [0, 0.05) is 18.6 Å². The number of nitrogens with zero attached hydrogens (tertiary/aromatic N) is 1. The maximum Gasteiger partial charge on any atom is 0.0597 e. The average Bonchev–Trinajstić information content (AvgIpc) is 2.98.